The maximum absolute atomic E-state index is 12.1. The van der Waals surface area contributed by atoms with Gasteiger partial charge in [0.15, 0.2) is 0 Å². The molecule has 0 aromatic rings. The molecule has 0 bridgehead atoms. The highest BCUT2D eigenvalue weighted by molar-refractivity contribution is 7.99. The van der Waals surface area contributed by atoms with E-state index in [0.29, 0.717) is 6.54 Å². The van der Waals surface area contributed by atoms with Crippen LogP contribution in [0.25, 0.3) is 0 Å². The Bertz CT molecular complexity index is 297. The topological polar surface area (TPSA) is 49.3 Å². The molecule has 0 spiro atoms. The summed E-state index contributed by atoms with van der Waals surface area (Å²) in [5.41, 5.74) is -0.659. The van der Waals surface area contributed by atoms with Crippen LogP contribution >= 0.6 is 11.8 Å². The lowest BCUT2D eigenvalue weighted by Crippen LogP contribution is -2.46. The van der Waals surface area contributed by atoms with E-state index in [1.807, 2.05) is 18.7 Å². The van der Waals surface area contributed by atoms with Crippen LogP contribution in [0.4, 0.5) is 0 Å². The number of carbonyl (C=O) groups is 1. The summed E-state index contributed by atoms with van der Waals surface area (Å²) >= 11 is 1.89. The minimum Gasteiger partial charge on any atom is -0.388 e. The molecule has 2 fully saturated rings. The van der Waals surface area contributed by atoms with Gasteiger partial charge in [-0.3, -0.25) is 4.79 Å². The molecule has 1 amide bonds. The Kier molecular flexibility index (Phi) is 5.58. The molecule has 1 unspecified atom stereocenters. The first-order valence-corrected chi connectivity index (χ1v) is 8.82. The first-order valence-electron chi connectivity index (χ1n) is 7.67. The SMILES string of the molecule is CC(CC1CCCC1)C(=O)NCC1(O)CCSCC1. The zero-order valence-corrected chi connectivity index (χ0v) is 12.8. The van der Waals surface area contributed by atoms with Crippen LogP contribution in [0.1, 0.15) is 51.9 Å². The van der Waals surface area contributed by atoms with E-state index in [4.69, 9.17) is 0 Å². The van der Waals surface area contributed by atoms with Crippen LogP contribution in [-0.4, -0.2) is 34.7 Å². The van der Waals surface area contributed by atoms with Gasteiger partial charge in [-0.15, -0.1) is 0 Å². The molecule has 1 aliphatic carbocycles. The minimum atomic E-state index is -0.659. The second-order valence-corrected chi connectivity index (χ2v) is 7.57. The summed E-state index contributed by atoms with van der Waals surface area (Å²) in [6.45, 7) is 2.45. The number of hydrogen-bond donors (Lipinski definition) is 2. The van der Waals surface area contributed by atoms with Crippen LogP contribution in [0.2, 0.25) is 0 Å². The maximum atomic E-state index is 12.1. The minimum absolute atomic E-state index is 0.0877. The van der Waals surface area contributed by atoms with Crippen molar-refractivity contribution in [3.05, 3.63) is 0 Å². The summed E-state index contributed by atoms with van der Waals surface area (Å²) < 4.78 is 0. The molecule has 4 heteroatoms. The Balaban J connectivity index is 1.70. The normalized spacial score (nSPS) is 25.2. The lowest BCUT2D eigenvalue weighted by molar-refractivity contribution is -0.126. The highest BCUT2D eigenvalue weighted by Gasteiger charge is 2.30. The van der Waals surface area contributed by atoms with E-state index >= 15 is 0 Å². The lowest BCUT2D eigenvalue weighted by atomic mass is 9.93. The molecule has 2 N–H and O–H groups in total. The monoisotopic (exact) mass is 285 g/mol. The van der Waals surface area contributed by atoms with Crippen molar-refractivity contribution in [2.75, 3.05) is 18.1 Å². The van der Waals surface area contributed by atoms with Crippen LogP contribution < -0.4 is 5.32 Å². The molecule has 0 aromatic heterocycles. The molecule has 1 saturated heterocycles. The fourth-order valence-corrected chi connectivity index (χ4v) is 4.46. The van der Waals surface area contributed by atoms with E-state index in [1.54, 1.807) is 0 Å². The quantitative estimate of drug-likeness (QED) is 0.816. The van der Waals surface area contributed by atoms with Crippen LogP contribution in [0.3, 0.4) is 0 Å². The molecule has 1 heterocycles. The Morgan fingerprint density at radius 2 is 2.00 bits per heavy atom. The second-order valence-electron chi connectivity index (χ2n) is 6.34. The molecule has 1 atom stereocenters. The Morgan fingerprint density at radius 1 is 1.37 bits per heavy atom. The van der Waals surface area contributed by atoms with E-state index in [2.05, 4.69) is 5.32 Å². The molecule has 110 valence electrons. The summed E-state index contributed by atoms with van der Waals surface area (Å²) in [5.74, 6) is 2.96. The zero-order chi connectivity index (χ0) is 13.7. The van der Waals surface area contributed by atoms with Crippen LogP contribution in [0.5, 0.6) is 0 Å². The Morgan fingerprint density at radius 3 is 2.63 bits per heavy atom. The van der Waals surface area contributed by atoms with E-state index in [9.17, 15) is 9.90 Å². The largest absolute Gasteiger partial charge is 0.388 e. The number of aliphatic hydroxyl groups is 1. The van der Waals surface area contributed by atoms with Gasteiger partial charge in [0, 0.05) is 12.5 Å². The summed E-state index contributed by atoms with van der Waals surface area (Å²) in [7, 11) is 0. The molecule has 0 radical (unpaired) electrons. The van der Waals surface area contributed by atoms with E-state index in [-0.39, 0.29) is 11.8 Å². The average molecular weight is 285 g/mol. The van der Waals surface area contributed by atoms with E-state index in [0.717, 1.165) is 36.7 Å². The van der Waals surface area contributed by atoms with Gasteiger partial charge < -0.3 is 10.4 Å². The van der Waals surface area contributed by atoms with E-state index < -0.39 is 5.60 Å². The van der Waals surface area contributed by atoms with Crippen molar-refractivity contribution < 1.29 is 9.90 Å². The number of hydrogen-bond acceptors (Lipinski definition) is 3. The van der Waals surface area contributed by atoms with Gasteiger partial charge in [-0.25, -0.2) is 0 Å². The molecular formula is C15H27NO2S. The van der Waals surface area contributed by atoms with Crippen LogP contribution in [0, 0.1) is 11.8 Å². The standard InChI is InChI=1S/C15H27NO2S/c1-12(10-13-4-2-3-5-13)14(17)16-11-15(18)6-8-19-9-7-15/h12-13,18H,2-11H2,1H3,(H,16,17). The molecule has 0 aromatic carbocycles. The second kappa shape index (κ2) is 6.98. The van der Waals surface area contributed by atoms with Gasteiger partial charge in [-0.2, -0.15) is 11.8 Å². The third-order valence-corrected chi connectivity index (χ3v) is 5.61. The van der Waals surface area contributed by atoms with Crippen LogP contribution in [0.15, 0.2) is 0 Å². The van der Waals surface area contributed by atoms with Crippen molar-refractivity contribution in [2.45, 2.75) is 57.5 Å². The van der Waals surface area contributed by atoms with Crippen molar-refractivity contribution >= 4 is 17.7 Å². The number of thioether (sulfide) groups is 1. The highest BCUT2D eigenvalue weighted by Crippen LogP contribution is 2.30. The van der Waals surface area contributed by atoms with E-state index in [1.165, 1.54) is 25.7 Å². The average Bonchev–Trinajstić information content (AvgIpc) is 2.90. The number of rotatable bonds is 5. The zero-order valence-electron chi connectivity index (χ0n) is 12.0. The summed E-state index contributed by atoms with van der Waals surface area (Å²) in [4.78, 5) is 12.1. The molecular weight excluding hydrogens is 258 g/mol. The lowest BCUT2D eigenvalue weighted by Gasteiger charge is -2.32. The number of amides is 1. The molecule has 2 rings (SSSR count). The van der Waals surface area contributed by atoms with Crippen molar-refractivity contribution in [1.29, 1.82) is 0 Å². The molecule has 2 aliphatic rings. The molecule has 1 saturated carbocycles. The Hall–Kier alpha value is -0.220. The first kappa shape index (κ1) is 15.2. The maximum Gasteiger partial charge on any atom is 0.222 e. The van der Waals surface area contributed by atoms with Crippen molar-refractivity contribution in [1.82, 2.24) is 5.32 Å². The Labute approximate surface area is 120 Å². The van der Waals surface area contributed by atoms with Gasteiger partial charge in [-0.1, -0.05) is 32.6 Å². The number of carbonyl (C=O) groups excluding carboxylic acids is 1. The molecule has 1 aliphatic heterocycles. The van der Waals surface area contributed by atoms with Crippen molar-refractivity contribution in [3.63, 3.8) is 0 Å². The molecule has 19 heavy (non-hydrogen) atoms. The number of nitrogens with one attached hydrogen (secondary N) is 1. The summed E-state index contributed by atoms with van der Waals surface area (Å²) in [5, 5.41) is 13.3. The highest BCUT2D eigenvalue weighted by atomic mass is 32.2. The first-order chi connectivity index (χ1) is 9.09. The predicted octanol–water partition coefficient (Wildman–Crippen LogP) is 2.58. The van der Waals surface area contributed by atoms with Gasteiger partial charge in [-0.05, 0) is 36.7 Å². The third kappa shape index (κ3) is 4.67. The third-order valence-electron chi connectivity index (χ3n) is 4.62. The van der Waals surface area contributed by atoms with Gasteiger partial charge in [0.05, 0.1) is 5.60 Å². The summed E-state index contributed by atoms with van der Waals surface area (Å²) in [6.07, 6.45) is 7.86. The van der Waals surface area contributed by atoms with Gasteiger partial charge in [0.1, 0.15) is 0 Å². The smallest absolute Gasteiger partial charge is 0.222 e. The van der Waals surface area contributed by atoms with Crippen LogP contribution in [-0.2, 0) is 4.79 Å². The fourth-order valence-electron chi connectivity index (χ4n) is 3.21. The fraction of sp³-hybridized carbons (Fsp3) is 0.933. The summed E-state index contributed by atoms with van der Waals surface area (Å²) in [6, 6.07) is 0. The molecule has 3 nitrogen and oxygen atoms in total. The van der Waals surface area contributed by atoms with Crippen molar-refractivity contribution in [2.24, 2.45) is 11.8 Å². The van der Waals surface area contributed by atoms with Gasteiger partial charge in [0.25, 0.3) is 0 Å². The predicted molar refractivity (Wildman–Crippen MR) is 80.3 cm³/mol. The van der Waals surface area contributed by atoms with Gasteiger partial charge >= 0.3 is 0 Å². The van der Waals surface area contributed by atoms with Gasteiger partial charge in [0.2, 0.25) is 5.91 Å². The van der Waals surface area contributed by atoms with Crippen molar-refractivity contribution in [3.8, 4) is 0 Å².